The number of alkyl halides is 2. The average Bonchev–Trinajstić information content (AvgIpc) is 2.31. The van der Waals surface area contributed by atoms with E-state index in [1.807, 2.05) is 0 Å². The van der Waals surface area contributed by atoms with Crippen molar-refractivity contribution in [2.45, 2.75) is 20.0 Å². The summed E-state index contributed by atoms with van der Waals surface area (Å²) in [5, 5.41) is 10.7. The van der Waals surface area contributed by atoms with Gasteiger partial charge < -0.3 is 9.47 Å². The van der Waals surface area contributed by atoms with E-state index in [9.17, 15) is 23.7 Å². The molecular weight excluding hydrogens is 264 g/mol. The molecule has 0 bridgehead atoms. The lowest BCUT2D eigenvalue weighted by atomic mass is 10.2. The van der Waals surface area contributed by atoms with Gasteiger partial charge >= 0.3 is 17.8 Å². The number of hydrogen-bond acceptors (Lipinski definition) is 5. The van der Waals surface area contributed by atoms with E-state index in [2.05, 4.69) is 9.47 Å². The first-order valence-corrected chi connectivity index (χ1v) is 5.27. The third-order valence-electron chi connectivity index (χ3n) is 2.13. The van der Waals surface area contributed by atoms with Gasteiger partial charge in [-0.1, -0.05) is 12.1 Å². The number of rotatable bonds is 5. The van der Waals surface area contributed by atoms with Gasteiger partial charge in [0, 0.05) is 6.07 Å². The van der Waals surface area contributed by atoms with Gasteiger partial charge in [0.15, 0.2) is 0 Å². The van der Waals surface area contributed by atoms with E-state index in [4.69, 9.17) is 0 Å². The van der Waals surface area contributed by atoms with Gasteiger partial charge in [0.05, 0.1) is 11.5 Å². The maximum Gasteiger partial charge on any atom is 0.502 e. The molecule has 1 aromatic carbocycles. The van der Waals surface area contributed by atoms with Gasteiger partial charge in [-0.2, -0.15) is 8.78 Å². The summed E-state index contributed by atoms with van der Waals surface area (Å²) >= 11 is 0. The number of carbonyl (C=O) groups excluding carboxylic acids is 1. The predicted molar refractivity (Wildman–Crippen MR) is 60.0 cm³/mol. The van der Waals surface area contributed by atoms with Gasteiger partial charge in [0.25, 0.3) is 0 Å². The standard InChI is InChI=1S/C11H11F2NO5/c1-3-18-10(15)11(12,13)19-9-7(2)5-4-6-8(9)14(16)17/h4-6H,3H2,1-2H3. The molecule has 0 spiro atoms. The number of halogens is 2. The minimum Gasteiger partial charge on any atom is -0.459 e. The molecule has 0 atom stereocenters. The number of benzene rings is 1. The molecule has 104 valence electrons. The highest BCUT2D eigenvalue weighted by Crippen LogP contribution is 2.34. The summed E-state index contributed by atoms with van der Waals surface area (Å²) < 4.78 is 35.1. The van der Waals surface area contributed by atoms with Crippen LogP contribution >= 0.6 is 0 Å². The first-order chi connectivity index (χ1) is 8.79. The molecule has 0 saturated heterocycles. The zero-order chi connectivity index (χ0) is 14.6. The zero-order valence-electron chi connectivity index (χ0n) is 10.2. The fraction of sp³-hybridized carbons (Fsp3) is 0.364. The Hall–Kier alpha value is -2.25. The van der Waals surface area contributed by atoms with Crippen molar-refractivity contribution in [2.24, 2.45) is 0 Å². The van der Waals surface area contributed by atoms with Crippen molar-refractivity contribution < 1.29 is 28.0 Å². The molecule has 19 heavy (non-hydrogen) atoms. The van der Waals surface area contributed by atoms with Crippen LogP contribution < -0.4 is 4.74 Å². The van der Waals surface area contributed by atoms with E-state index in [0.29, 0.717) is 0 Å². The van der Waals surface area contributed by atoms with Crippen LogP contribution in [0.3, 0.4) is 0 Å². The Morgan fingerprint density at radius 1 is 1.47 bits per heavy atom. The molecule has 6 nitrogen and oxygen atoms in total. The Morgan fingerprint density at radius 2 is 2.11 bits per heavy atom. The Morgan fingerprint density at radius 3 is 2.63 bits per heavy atom. The van der Waals surface area contributed by atoms with Gasteiger partial charge in [-0.15, -0.1) is 0 Å². The minimum atomic E-state index is -4.28. The van der Waals surface area contributed by atoms with Gasteiger partial charge in [-0.05, 0) is 19.4 Å². The molecule has 0 N–H and O–H groups in total. The Labute approximate surface area is 107 Å². The number of nitro benzene ring substituents is 1. The number of aryl methyl sites for hydroxylation is 1. The van der Waals surface area contributed by atoms with E-state index in [1.54, 1.807) is 0 Å². The molecule has 0 unspecified atom stereocenters. The van der Waals surface area contributed by atoms with E-state index in [-0.39, 0.29) is 12.2 Å². The summed E-state index contributed by atoms with van der Waals surface area (Å²) in [5.74, 6) is -2.56. The highest BCUT2D eigenvalue weighted by Gasteiger charge is 2.46. The SMILES string of the molecule is CCOC(=O)C(F)(F)Oc1c(C)cccc1[N+](=O)[O-]. The van der Waals surface area contributed by atoms with E-state index in [1.165, 1.54) is 26.0 Å². The fourth-order valence-electron chi connectivity index (χ4n) is 1.30. The first-order valence-electron chi connectivity index (χ1n) is 5.27. The lowest BCUT2D eigenvalue weighted by Gasteiger charge is -2.17. The second kappa shape index (κ2) is 5.59. The maximum absolute atomic E-state index is 13.4. The Bertz CT molecular complexity index is 504. The third kappa shape index (κ3) is 3.36. The molecule has 0 aliphatic heterocycles. The summed E-state index contributed by atoms with van der Waals surface area (Å²) in [7, 11) is 0. The van der Waals surface area contributed by atoms with Crippen molar-refractivity contribution in [3.8, 4) is 5.75 Å². The smallest absolute Gasteiger partial charge is 0.459 e. The Kier molecular flexibility index (Phi) is 4.36. The highest BCUT2D eigenvalue weighted by molar-refractivity contribution is 5.76. The molecule has 0 saturated carbocycles. The molecule has 0 aromatic heterocycles. The van der Waals surface area contributed by atoms with E-state index in [0.717, 1.165) is 6.07 Å². The van der Waals surface area contributed by atoms with Gasteiger partial charge in [0.1, 0.15) is 0 Å². The molecule has 1 rings (SSSR count). The quantitative estimate of drug-likeness (QED) is 0.468. The van der Waals surface area contributed by atoms with Crippen molar-refractivity contribution in [1.29, 1.82) is 0 Å². The molecule has 0 amide bonds. The van der Waals surface area contributed by atoms with Crippen LogP contribution in [0.2, 0.25) is 0 Å². The van der Waals surface area contributed by atoms with Crippen molar-refractivity contribution in [2.75, 3.05) is 6.61 Å². The van der Waals surface area contributed by atoms with Gasteiger partial charge in [-0.3, -0.25) is 10.1 Å². The number of nitro groups is 1. The number of nitrogens with zero attached hydrogens (tertiary/aromatic N) is 1. The van der Waals surface area contributed by atoms with Crippen LogP contribution in [0.5, 0.6) is 5.75 Å². The lowest BCUT2D eigenvalue weighted by Crippen LogP contribution is -2.37. The van der Waals surface area contributed by atoms with Gasteiger partial charge in [0.2, 0.25) is 5.75 Å². The largest absolute Gasteiger partial charge is 0.502 e. The maximum atomic E-state index is 13.4. The molecular formula is C11H11F2NO5. The summed E-state index contributed by atoms with van der Waals surface area (Å²) in [6.07, 6.45) is -4.28. The topological polar surface area (TPSA) is 78.7 Å². The number of esters is 1. The normalized spacial score (nSPS) is 10.9. The monoisotopic (exact) mass is 275 g/mol. The third-order valence-corrected chi connectivity index (χ3v) is 2.13. The van der Waals surface area contributed by atoms with Crippen LogP contribution in [-0.4, -0.2) is 23.6 Å². The Balaban J connectivity index is 3.11. The van der Waals surface area contributed by atoms with Crippen LogP contribution in [0.4, 0.5) is 14.5 Å². The second-order valence-electron chi connectivity index (χ2n) is 3.52. The lowest BCUT2D eigenvalue weighted by molar-refractivity contribution is -0.387. The fourth-order valence-corrected chi connectivity index (χ4v) is 1.30. The predicted octanol–water partition coefficient (Wildman–Crippen LogP) is 2.44. The molecule has 0 fully saturated rings. The van der Waals surface area contributed by atoms with Crippen LogP contribution in [0.1, 0.15) is 12.5 Å². The van der Waals surface area contributed by atoms with Crippen LogP contribution in [0.15, 0.2) is 18.2 Å². The summed E-state index contributed by atoms with van der Waals surface area (Å²) in [6.45, 7) is 2.45. The molecule has 8 heteroatoms. The van der Waals surface area contributed by atoms with Crippen LogP contribution in [-0.2, 0) is 9.53 Å². The molecule has 0 heterocycles. The molecule has 0 radical (unpaired) electrons. The summed E-state index contributed by atoms with van der Waals surface area (Å²) in [4.78, 5) is 20.8. The first kappa shape index (κ1) is 14.8. The number of ether oxygens (including phenoxy) is 2. The van der Waals surface area contributed by atoms with Crippen molar-refractivity contribution in [3.63, 3.8) is 0 Å². The zero-order valence-corrected chi connectivity index (χ0v) is 10.2. The van der Waals surface area contributed by atoms with Crippen molar-refractivity contribution >= 4 is 11.7 Å². The van der Waals surface area contributed by atoms with Crippen LogP contribution in [0.25, 0.3) is 0 Å². The highest BCUT2D eigenvalue weighted by atomic mass is 19.3. The van der Waals surface area contributed by atoms with E-state index >= 15 is 0 Å². The van der Waals surface area contributed by atoms with Gasteiger partial charge in [-0.25, -0.2) is 4.79 Å². The second-order valence-corrected chi connectivity index (χ2v) is 3.52. The summed E-state index contributed by atoms with van der Waals surface area (Å²) in [6, 6.07) is 3.68. The van der Waals surface area contributed by atoms with Crippen molar-refractivity contribution in [1.82, 2.24) is 0 Å². The molecule has 0 aliphatic rings. The van der Waals surface area contributed by atoms with E-state index < -0.39 is 28.4 Å². The average molecular weight is 275 g/mol. The number of hydrogen-bond donors (Lipinski definition) is 0. The number of para-hydroxylation sites is 1. The van der Waals surface area contributed by atoms with Crippen molar-refractivity contribution in [3.05, 3.63) is 33.9 Å². The molecule has 1 aromatic rings. The molecule has 0 aliphatic carbocycles. The summed E-state index contributed by atoms with van der Waals surface area (Å²) in [5.41, 5.74) is -0.540. The minimum absolute atomic E-state index is 0.109. The van der Waals surface area contributed by atoms with Crippen LogP contribution in [0, 0.1) is 17.0 Å². The number of carbonyl (C=O) groups is 1.